The van der Waals surface area contributed by atoms with Crippen LogP contribution < -0.4 is 0 Å². The van der Waals surface area contributed by atoms with Gasteiger partial charge in [0.15, 0.2) is 0 Å². The molecule has 0 aromatic heterocycles. The van der Waals surface area contributed by atoms with E-state index in [1.807, 2.05) is 0 Å². The van der Waals surface area contributed by atoms with Crippen LogP contribution in [0.2, 0.25) is 0 Å². The molecule has 0 aliphatic rings. The van der Waals surface area contributed by atoms with Crippen LogP contribution in [0, 0.1) is 6.92 Å². The summed E-state index contributed by atoms with van der Waals surface area (Å²) in [6.45, 7) is 9.19. The second-order valence-corrected chi connectivity index (χ2v) is 5.63. The van der Waals surface area contributed by atoms with Crippen molar-refractivity contribution in [1.82, 2.24) is 0 Å². The van der Waals surface area contributed by atoms with Crippen molar-refractivity contribution in [2.24, 2.45) is 0 Å². The van der Waals surface area contributed by atoms with Crippen molar-refractivity contribution >= 4 is 0 Å². The summed E-state index contributed by atoms with van der Waals surface area (Å²) >= 11 is 0. The molecule has 0 heterocycles. The average molecular weight is 232 g/mol. The van der Waals surface area contributed by atoms with Gasteiger partial charge in [-0.1, -0.05) is 76.3 Å². The summed E-state index contributed by atoms with van der Waals surface area (Å²) in [5.74, 6) is 0. The lowest BCUT2D eigenvalue weighted by atomic mass is 9.74. The van der Waals surface area contributed by atoms with Crippen LogP contribution in [0.1, 0.15) is 70.4 Å². The fraction of sp³-hybridized carbons (Fsp3) is 0.647. The highest BCUT2D eigenvalue weighted by Crippen LogP contribution is 2.34. The van der Waals surface area contributed by atoms with Gasteiger partial charge in [0.25, 0.3) is 0 Å². The molecule has 0 atom stereocenters. The molecular weight excluding hydrogens is 204 g/mol. The van der Waals surface area contributed by atoms with Crippen molar-refractivity contribution in [3.8, 4) is 0 Å². The number of benzene rings is 1. The van der Waals surface area contributed by atoms with Gasteiger partial charge in [0.1, 0.15) is 0 Å². The molecule has 0 radical (unpaired) electrons. The van der Waals surface area contributed by atoms with E-state index in [1.54, 1.807) is 0 Å². The van der Waals surface area contributed by atoms with Crippen LogP contribution >= 0.6 is 0 Å². The van der Waals surface area contributed by atoms with E-state index in [4.69, 9.17) is 0 Å². The van der Waals surface area contributed by atoms with Crippen LogP contribution in [0.3, 0.4) is 0 Å². The van der Waals surface area contributed by atoms with Crippen molar-refractivity contribution in [1.29, 1.82) is 0 Å². The maximum atomic E-state index is 2.45. The van der Waals surface area contributed by atoms with Gasteiger partial charge >= 0.3 is 0 Å². The Balaban J connectivity index is 2.83. The SMILES string of the molecule is CCCCC(C)(CCCC)c1ccc(C)cc1. The molecule has 0 N–H and O–H groups in total. The molecule has 1 aromatic rings. The molecule has 96 valence electrons. The maximum Gasteiger partial charge on any atom is -0.00753 e. The molecule has 0 bridgehead atoms. The first-order chi connectivity index (χ1) is 8.12. The fourth-order valence-electron chi connectivity index (χ4n) is 2.50. The largest absolute Gasteiger partial charge is 0.0654 e. The Morgan fingerprint density at radius 3 is 1.76 bits per heavy atom. The predicted molar refractivity (Wildman–Crippen MR) is 77.6 cm³/mol. The molecule has 1 rings (SSSR count). The van der Waals surface area contributed by atoms with E-state index in [-0.39, 0.29) is 0 Å². The van der Waals surface area contributed by atoms with E-state index in [0.29, 0.717) is 5.41 Å². The Bertz CT molecular complexity index is 299. The molecule has 0 fully saturated rings. The van der Waals surface area contributed by atoms with Gasteiger partial charge < -0.3 is 0 Å². The number of aryl methyl sites for hydroxylation is 1. The molecule has 0 nitrogen and oxygen atoms in total. The topological polar surface area (TPSA) is 0 Å². The third-order valence-electron chi connectivity index (χ3n) is 3.91. The van der Waals surface area contributed by atoms with Crippen LogP contribution in [0.15, 0.2) is 24.3 Å². The van der Waals surface area contributed by atoms with E-state index in [2.05, 4.69) is 52.0 Å². The third-order valence-corrected chi connectivity index (χ3v) is 3.91. The minimum absolute atomic E-state index is 0.389. The first kappa shape index (κ1) is 14.3. The Hall–Kier alpha value is -0.780. The zero-order valence-corrected chi connectivity index (χ0v) is 12.1. The van der Waals surface area contributed by atoms with Gasteiger partial charge in [0, 0.05) is 0 Å². The fourth-order valence-corrected chi connectivity index (χ4v) is 2.50. The van der Waals surface area contributed by atoms with Gasteiger partial charge in [-0.25, -0.2) is 0 Å². The van der Waals surface area contributed by atoms with Gasteiger partial charge in [-0.05, 0) is 30.7 Å². The minimum atomic E-state index is 0.389. The first-order valence-corrected chi connectivity index (χ1v) is 7.19. The normalized spacial score (nSPS) is 11.8. The van der Waals surface area contributed by atoms with Crippen LogP contribution in [-0.4, -0.2) is 0 Å². The average Bonchev–Trinajstić information content (AvgIpc) is 2.34. The smallest absolute Gasteiger partial charge is 0.00753 e. The van der Waals surface area contributed by atoms with Gasteiger partial charge in [-0.15, -0.1) is 0 Å². The molecule has 0 saturated heterocycles. The Morgan fingerprint density at radius 1 is 0.882 bits per heavy atom. The second-order valence-electron chi connectivity index (χ2n) is 5.63. The van der Waals surface area contributed by atoms with Gasteiger partial charge in [0.2, 0.25) is 0 Å². The molecule has 0 unspecified atom stereocenters. The highest BCUT2D eigenvalue weighted by Gasteiger charge is 2.24. The number of hydrogen-bond acceptors (Lipinski definition) is 0. The molecule has 0 heteroatoms. The zero-order chi connectivity index (χ0) is 12.7. The summed E-state index contributed by atoms with van der Waals surface area (Å²) in [6, 6.07) is 9.18. The van der Waals surface area contributed by atoms with Gasteiger partial charge in [-0.2, -0.15) is 0 Å². The van der Waals surface area contributed by atoms with E-state index in [9.17, 15) is 0 Å². The van der Waals surface area contributed by atoms with Crippen molar-refractivity contribution < 1.29 is 0 Å². The van der Waals surface area contributed by atoms with Gasteiger partial charge in [0.05, 0.1) is 0 Å². The minimum Gasteiger partial charge on any atom is -0.0654 e. The number of rotatable bonds is 7. The molecule has 0 aliphatic carbocycles. The van der Waals surface area contributed by atoms with Gasteiger partial charge in [-0.3, -0.25) is 0 Å². The Kier molecular flexibility index (Phi) is 5.74. The quantitative estimate of drug-likeness (QED) is 0.571. The lowest BCUT2D eigenvalue weighted by molar-refractivity contribution is 0.374. The van der Waals surface area contributed by atoms with E-state index in [1.165, 1.54) is 49.7 Å². The monoisotopic (exact) mass is 232 g/mol. The summed E-state index contributed by atoms with van der Waals surface area (Å²) in [4.78, 5) is 0. The molecule has 0 spiro atoms. The summed E-state index contributed by atoms with van der Waals surface area (Å²) < 4.78 is 0. The van der Waals surface area contributed by atoms with Crippen LogP contribution in [0.5, 0.6) is 0 Å². The van der Waals surface area contributed by atoms with Crippen molar-refractivity contribution in [2.75, 3.05) is 0 Å². The van der Waals surface area contributed by atoms with E-state index in [0.717, 1.165) is 0 Å². The van der Waals surface area contributed by atoms with Crippen molar-refractivity contribution in [2.45, 2.75) is 71.6 Å². The molecule has 17 heavy (non-hydrogen) atoms. The number of hydrogen-bond donors (Lipinski definition) is 0. The lowest BCUT2D eigenvalue weighted by Gasteiger charge is -2.30. The molecule has 0 saturated carbocycles. The zero-order valence-electron chi connectivity index (χ0n) is 12.1. The summed E-state index contributed by atoms with van der Waals surface area (Å²) in [6.07, 6.45) is 7.93. The molecular formula is C17H28. The van der Waals surface area contributed by atoms with Crippen LogP contribution in [-0.2, 0) is 5.41 Å². The Morgan fingerprint density at radius 2 is 1.35 bits per heavy atom. The van der Waals surface area contributed by atoms with Crippen LogP contribution in [0.25, 0.3) is 0 Å². The first-order valence-electron chi connectivity index (χ1n) is 7.19. The van der Waals surface area contributed by atoms with E-state index < -0.39 is 0 Å². The summed E-state index contributed by atoms with van der Waals surface area (Å²) in [5.41, 5.74) is 3.28. The highest BCUT2D eigenvalue weighted by molar-refractivity contribution is 5.28. The molecule has 0 aliphatic heterocycles. The highest BCUT2D eigenvalue weighted by atomic mass is 14.3. The van der Waals surface area contributed by atoms with Crippen LogP contribution in [0.4, 0.5) is 0 Å². The van der Waals surface area contributed by atoms with Crippen molar-refractivity contribution in [3.63, 3.8) is 0 Å². The lowest BCUT2D eigenvalue weighted by Crippen LogP contribution is -2.21. The Labute approximate surface area is 107 Å². The number of unbranched alkanes of at least 4 members (excludes halogenated alkanes) is 2. The predicted octanol–water partition coefficient (Wildman–Crippen LogP) is 5.63. The van der Waals surface area contributed by atoms with Crippen molar-refractivity contribution in [3.05, 3.63) is 35.4 Å². The standard InChI is InChI=1S/C17H28/c1-5-7-13-17(4,14-8-6-2)16-11-9-15(3)10-12-16/h9-12H,5-8,13-14H2,1-4H3. The molecule has 1 aromatic carbocycles. The third kappa shape index (κ3) is 4.18. The summed E-state index contributed by atoms with van der Waals surface area (Å²) in [7, 11) is 0. The summed E-state index contributed by atoms with van der Waals surface area (Å²) in [5, 5.41) is 0. The van der Waals surface area contributed by atoms with E-state index >= 15 is 0 Å². The second kappa shape index (κ2) is 6.83. The molecule has 0 amide bonds. The maximum absolute atomic E-state index is 2.45.